The van der Waals surface area contributed by atoms with Crippen LogP contribution in [-0.4, -0.2) is 0 Å². The maximum Gasteiger partial charge on any atom is -0.0148 e. The fourth-order valence-corrected chi connectivity index (χ4v) is 4.94. The van der Waals surface area contributed by atoms with Crippen LogP contribution >= 0.6 is 0 Å². The number of hydrogen-bond acceptors (Lipinski definition) is 0. The summed E-state index contributed by atoms with van der Waals surface area (Å²) in [5.41, 5.74) is 3.83. The highest BCUT2D eigenvalue weighted by Crippen LogP contribution is 2.58. The van der Waals surface area contributed by atoms with Gasteiger partial charge < -0.3 is 0 Å². The van der Waals surface area contributed by atoms with Crippen molar-refractivity contribution >= 4 is 10.8 Å². The molecule has 0 aromatic heterocycles. The van der Waals surface area contributed by atoms with Gasteiger partial charge in [-0.1, -0.05) is 48.6 Å². The minimum absolute atomic E-state index is 0.582. The van der Waals surface area contributed by atoms with Crippen molar-refractivity contribution in [3.8, 4) is 0 Å². The zero-order valence-electron chi connectivity index (χ0n) is 11.1. The lowest BCUT2D eigenvalue weighted by Gasteiger charge is -2.30. The number of rotatable bonds is 0. The first-order valence-electron chi connectivity index (χ1n) is 7.51. The van der Waals surface area contributed by atoms with Crippen molar-refractivity contribution in [1.29, 1.82) is 0 Å². The molecule has 2 aromatic rings. The van der Waals surface area contributed by atoms with Crippen LogP contribution in [0, 0.1) is 17.3 Å². The van der Waals surface area contributed by atoms with Crippen molar-refractivity contribution in [3.05, 3.63) is 59.7 Å². The largest absolute Gasteiger partial charge is 0.0851 e. The molecule has 19 heavy (non-hydrogen) atoms. The molecule has 1 fully saturated rings. The summed E-state index contributed by atoms with van der Waals surface area (Å²) >= 11 is 0. The van der Waals surface area contributed by atoms with E-state index in [1.54, 1.807) is 11.1 Å². The van der Waals surface area contributed by atoms with Gasteiger partial charge in [-0.15, -0.1) is 0 Å². The van der Waals surface area contributed by atoms with Gasteiger partial charge in [0, 0.05) is 0 Å². The predicted molar refractivity (Wildman–Crippen MR) is 79.1 cm³/mol. The zero-order chi connectivity index (χ0) is 12.4. The molecule has 2 bridgehead atoms. The molecule has 0 amide bonds. The van der Waals surface area contributed by atoms with Crippen LogP contribution < -0.4 is 0 Å². The Morgan fingerprint density at radius 2 is 1.58 bits per heavy atom. The molecule has 0 radical (unpaired) electrons. The highest BCUT2D eigenvalue weighted by atomic mass is 14.5. The Morgan fingerprint density at radius 3 is 2.11 bits per heavy atom. The molecule has 0 aliphatic heterocycles. The Bertz CT molecular complexity index is 663. The van der Waals surface area contributed by atoms with E-state index in [1.165, 1.54) is 36.5 Å². The molecule has 1 spiro atoms. The average molecular weight is 246 g/mol. The quantitative estimate of drug-likeness (QED) is 0.599. The van der Waals surface area contributed by atoms with Crippen LogP contribution in [0.1, 0.15) is 24.0 Å². The first kappa shape index (κ1) is 10.3. The maximum atomic E-state index is 2.51. The van der Waals surface area contributed by atoms with Crippen LogP contribution in [0.25, 0.3) is 10.8 Å². The molecule has 2 unspecified atom stereocenters. The standard InChI is InChI=1S/C19H18/c1-2-4-15-9-17-12-19(10-13-5-6-18(19)7-13)11-16(17)8-14(15)3-1/h1-6,8-9,13,18H,7,10-12H2. The van der Waals surface area contributed by atoms with Gasteiger partial charge >= 0.3 is 0 Å². The summed E-state index contributed by atoms with van der Waals surface area (Å²) in [6.07, 6.45) is 10.5. The SMILES string of the molecule is C1=CC2CC1CC21Cc2cc3ccccc3cc2C1. The number of hydrogen-bond donors (Lipinski definition) is 0. The Balaban J connectivity index is 1.64. The van der Waals surface area contributed by atoms with E-state index in [-0.39, 0.29) is 0 Å². The van der Waals surface area contributed by atoms with Crippen LogP contribution in [0.4, 0.5) is 0 Å². The molecule has 2 atom stereocenters. The van der Waals surface area contributed by atoms with Crippen molar-refractivity contribution in [2.75, 3.05) is 0 Å². The van der Waals surface area contributed by atoms with Crippen molar-refractivity contribution in [2.24, 2.45) is 17.3 Å². The molecule has 0 saturated heterocycles. The molecule has 5 rings (SSSR count). The lowest BCUT2D eigenvalue weighted by atomic mass is 9.73. The summed E-state index contributed by atoms with van der Waals surface area (Å²) in [7, 11) is 0. The van der Waals surface area contributed by atoms with Gasteiger partial charge in [0.2, 0.25) is 0 Å². The molecular formula is C19H18. The third-order valence-corrected chi connectivity index (χ3v) is 5.78. The first-order valence-corrected chi connectivity index (χ1v) is 7.51. The fraction of sp³-hybridized carbons (Fsp3) is 0.368. The highest BCUT2D eigenvalue weighted by molar-refractivity contribution is 5.84. The van der Waals surface area contributed by atoms with Gasteiger partial charge in [-0.05, 0) is 64.8 Å². The van der Waals surface area contributed by atoms with E-state index in [2.05, 4.69) is 48.6 Å². The molecule has 3 aliphatic rings. The van der Waals surface area contributed by atoms with Crippen molar-refractivity contribution < 1.29 is 0 Å². The molecule has 94 valence electrons. The Labute approximate surface area is 114 Å². The van der Waals surface area contributed by atoms with Crippen LogP contribution in [0.15, 0.2) is 48.6 Å². The molecule has 1 saturated carbocycles. The minimum atomic E-state index is 0.582. The number of fused-ring (bicyclic) bond motifs is 5. The third kappa shape index (κ3) is 1.30. The van der Waals surface area contributed by atoms with Gasteiger partial charge in [0.25, 0.3) is 0 Å². The van der Waals surface area contributed by atoms with Crippen molar-refractivity contribution in [3.63, 3.8) is 0 Å². The normalized spacial score (nSPS) is 29.5. The Morgan fingerprint density at radius 1 is 0.895 bits per heavy atom. The number of allylic oxidation sites excluding steroid dienone is 2. The van der Waals surface area contributed by atoms with Gasteiger partial charge in [0.1, 0.15) is 0 Å². The molecule has 0 heterocycles. The molecule has 0 heteroatoms. The zero-order valence-corrected chi connectivity index (χ0v) is 11.1. The summed E-state index contributed by atoms with van der Waals surface area (Å²) in [4.78, 5) is 0. The van der Waals surface area contributed by atoms with Gasteiger partial charge in [0.15, 0.2) is 0 Å². The minimum Gasteiger partial charge on any atom is -0.0851 e. The van der Waals surface area contributed by atoms with Gasteiger partial charge in [0.05, 0.1) is 0 Å². The number of benzene rings is 2. The summed E-state index contributed by atoms with van der Waals surface area (Å²) in [6.45, 7) is 0. The van der Waals surface area contributed by atoms with Gasteiger partial charge in [-0.2, -0.15) is 0 Å². The van der Waals surface area contributed by atoms with Crippen molar-refractivity contribution in [2.45, 2.75) is 25.7 Å². The van der Waals surface area contributed by atoms with E-state index in [1.807, 2.05) is 0 Å². The van der Waals surface area contributed by atoms with Crippen LogP contribution in [0.3, 0.4) is 0 Å². The third-order valence-electron chi connectivity index (χ3n) is 5.78. The molecule has 3 aliphatic carbocycles. The topological polar surface area (TPSA) is 0 Å². The van der Waals surface area contributed by atoms with Crippen LogP contribution in [0.5, 0.6) is 0 Å². The Hall–Kier alpha value is -1.56. The second kappa shape index (κ2) is 3.30. The highest BCUT2D eigenvalue weighted by Gasteiger charge is 2.50. The molecular weight excluding hydrogens is 228 g/mol. The van der Waals surface area contributed by atoms with E-state index in [0.29, 0.717) is 5.41 Å². The van der Waals surface area contributed by atoms with E-state index < -0.39 is 0 Å². The molecule has 0 nitrogen and oxygen atoms in total. The van der Waals surface area contributed by atoms with Crippen LogP contribution in [-0.2, 0) is 12.8 Å². The van der Waals surface area contributed by atoms with E-state index in [4.69, 9.17) is 0 Å². The maximum absolute atomic E-state index is 2.51. The van der Waals surface area contributed by atoms with Crippen LogP contribution in [0.2, 0.25) is 0 Å². The fourth-order valence-electron chi connectivity index (χ4n) is 4.94. The van der Waals surface area contributed by atoms with Gasteiger partial charge in [-0.25, -0.2) is 0 Å². The van der Waals surface area contributed by atoms with Crippen molar-refractivity contribution in [1.82, 2.24) is 0 Å². The predicted octanol–water partition coefficient (Wildman–Crippen LogP) is 4.52. The lowest BCUT2D eigenvalue weighted by molar-refractivity contribution is 0.245. The summed E-state index contributed by atoms with van der Waals surface area (Å²) in [6, 6.07) is 13.7. The van der Waals surface area contributed by atoms with Gasteiger partial charge in [-0.3, -0.25) is 0 Å². The monoisotopic (exact) mass is 246 g/mol. The molecule has 0 N–H and O–H groups in total. The van der Waals surface area contributed by atoms with E-state index >= 15 is 0 Å². The second-order valence-corrected chi connectivity index (χ2v) is 6.88. The van der Waals surface area contributed by atoms with E-state index in [9.17, 15) is 0 Å². The van der Waals surface area contributed by atoms with E-state index in [0.717, 1.165) is 11.8 Å². The summed E-state index contributed by atoms with van der Waals surface area (Å²) in [5.74, 6) is 1.74. The summed E-state index contributed by atoms with van der Waals surface area (Å²) in [5, 5.41) is 2.83. The molecule has 2 aromatic carbocycles. The second-order valence-electron chi connectivity index (χ2n) is 6.88. The summed E-state index contributed by atoms with van der Waals surface area (Å²) < 4.78 is 0. The average Bonchev–Trinajstić information content (AvgIpc) is 3.08. The Kier molecular flexibility index (Phi) is 1.78. The first-order chi connectivity index (χ1) is 9.32. The smallest absolute Gasteiger partial charge is 0.0148 e. The lowest BCUT2D eigenvalue weighted by Crippen LogP contribution is -2.26.